The highest BCUT2D eigenvalue weighted by molar-refractivity contribution is 5.87. The second-order valence-corrected chi connectivity index (χ2v) is 4.66. The fourth-order valence-corrected chi connectivity index (χ4v) is 2.13. The average molecular weight is 259 g/mol. The third kappa shape index (κ3) is 2.19. The first-order valence-electron chi connectivity index (χ1n) is 6.39. The molecule has 2 aromatic carbocycles. The van der Waals surface area contributed by atoms with Gasteiger partial charge >= 0.3 is 0 Å². The van der Waals surface area contributed by atoms with Crippen LogP contribution in [0.5, 0.6) is 0 Å². The minimum atomic E-state index is 0.558. The summed E-state index contributed by atoms with van der Waals surface area (Å²) in [5.41, 5.74) is 4.59. The van der Waals surface area contributed by atoms with Crippen LogP contribution in [-0.4, -0.2) is 9.55 Å². The van der Waals surface area contributed by atoms with Crippen LogP contribution in [-0.2, 0) is 0 Å². The van der Waals surface area contributed by atoms with E-state index in [0.717, 1.165) is 16.6 Å². The fourth-order valence-electron chi connectivity index (χ4n) is 2.13. The zero-order valence-corrected chi connectivity index (χ0v) is 11.1. The van der Waals surface area contributed by atoms with Crippen LogP contribution in [0.15, 0.2) is 54.9 Å². The Bertz CT molecular complexity index is 817. The number of nitriles is 1. The summed E-state index contributed by atoms with van der Waals surface area (Å²) in [5, 5.41) is 9.41. The molecule has 20 heavy (non-hydrogen) atoms. The Labute approximate surface area is 117 Å². The number of rotatable bonds is 2. The summed E-state index contributed by atoms with van der Waals surface area (Å²) in [6, 6.07) is 18.1. The SMILES string of the molecule is Cc1ccc(C=C(C#N)n2cnc3ccccc32)cc1. The average Bonchev–Trinajstić information content (AvgIpc) is 2.91. The molecule has 3 aromatic rings. The number of benzene rings is 2. The van der Waals surface area contributed by atoms with Gasteiger partial charge in [0.25, 0.3) is 0 Å². The topological polar surface area (TPSA) is 41.6 Å². The summed E-state index contributed by atoms with van der Waals surface area (Å²) < 4.78 is 1.81. The standard InChI is InChI=1S/C17H13N3/c1-13-6-8-14(9-7-13)10-15(11-18)20-12-19-16-4-2-3-5-17(16)20/h2-10,12H,1H3. The van der Waals surface area contributed by atoms with Crippen molar-refractivity contribution in [2.75, 3.05) is 0 Å². The van der Waals surface area contributed by atoms with Crippen LogP contribution >= 0.6 is 0 Å². The van der Waals surface area contributed by atoms with E-state index in [1.807, 2.05) is 66.1 Å². The second-order valence-electron chi connectivity index (χ2n) is 4.66. The Morgan fingerprint density at radius 2 is 1.90 bits per heavy atom. The number of aryl methyl sites for hydroxylation is 1. The van der Waals surface area contributed by atoms with Crippen LogP contribution in [0.2, 0.25) is 0 Å². The highest BCUT2D eigenvalue weighted by Crippen LogP contribution is 2.18. The van der Waals surface area contributed by atoms with Gasteiger partial charge in [-0.15, -0.1) is 0 Å². The monoisotopic (exact) mass is 259 g/mol. The highest BCUT2D eigenvalue weighted by atomic mass is 15.1. The van der Waals surface area contributed by atoms with Gasteiger partial charge in [-0.2, -0.15) is 5.26 Å². The molecular weight excluding hydrogens is 246 g/mol. The lowest BCUT2D eigenvalue weighted by Crippen LogP contribution is -1.92. The lowest BCUT2D eigenvalue weighted by molar-refractivity contribution is 1.14. The van der Waals surface area contributed by atoms with Crippen LogP contribution in [0.3, 0.4) is 0 Å². The normalized spacial score (nSPS) is 11.5. The van der Waals surface area contributed by atoms with E-state index in [1.54, 1.807) is 6.33 Å². The van der Waals surface area contributed by atoms with E-state index in [4.69, 9.17) is 0 Å². The Morgan fingerprint density at radius 3 is 2.65 bits per heavy atom. The molecule has 0 atom stereocenters. The molecule has 3 heteroatoms. The molecular formula is C17H13N3. The summed E-state index contributed by atoms with van der Waals surface area (Å²) >= 11 is 0. The van der Waals surface area contributed by atoms with E-state index in [1.165, 1.54) is 5.56 Å². The molecule has 0 amide bonds. The predicted octanol–water partition coefficient (Wildman–Crippen LogP) is 3.87. The van der Waals surface area contributed by atoms with Crippen molar-refractivity contribution in [3.8, 4) is 6.07 Å². The highest BCUT2D eigenvalue weighted by Gasteiger charge is 2.05. The van der Waals surface area contributed by atoms with Gasteiger partial charge in [0.15, 0.2) is 0 Å². The van der Waals surface area contributed by atoms with Crippen molar-refractivity contribution < 1.29 is 0 Å². The van der Waals surface area contributed by atoms with E-state index in [0.29, 0.717) is 5.70 Å². The van der Waals surface area contributed by atoms with Crippen LogP contribution in [0.4, 0.5) is 0 Å². The maximum atomic E-state index is 9.41. The summed E-state index contributed by atoms with van der Waals surface area (Å²) in [5.74, 6) is 0. The summed E-state index contributed by atoms with van der Waals surface area (Å²) in [6.07, 6.45) is 3.56. The van der Waals surface area contributed by atoms with Gasteiger partial charge in [0.1, 0.15) is 18.1 Å². The lowest BCUT2D eigenvalue weighted by atomic mass is 10.1. The summed E-state index contributed by atoms with van der Waals surface area (Å²) in [4.78, 5) is 4.31. The molecule has 3 rings (SSSR count). The Hall–Kier alpha value is -2.86. The van der Waals surface area contributed by atoms with Gasteiger partial charge in [0.05, 0.1) is 11.0 Å². The molecule has 0 aliphatic rings. The van der Waals surface area contributed by atoms with E-state index in [2.05, 4.69) is 11.1 Å². The number of hydrogen-bond acceptors (Lipinski definition) is 2. The molecule has 96 valence electrons. The minimum absolute atomic E-state index is 0.558. The molecule has 1 heterocycles. The second kappa shape index (κ2) is 5.02. The quantitative estimate of drug-likeness (QED) is 0.656. The first kappa shape index (κ1) is 12.2. The maximum Gasteiger partial charge on any atom is 0.126 e. The summed E-state index contributed by atoms with van der Waals surface area (Å²) in [7, 11) is 0. The van der Waals surface area contributed by atoms with Crippen molar-refractivity contribution in [1.82, 2.24) is 9.55 Å². The third-order valence-corrected chi connectivity index (χ3v) is 3.21. The Morgan fingerprint density at radius 1 is 1.15 bits per heavy atom. The first-order chi connectivity index (χ1) is 9.78. The number of fused-ring (bicyclic) bond motifs is 1. The number of hydrogen-bond donors (Lipinski definition) is 0. The molecule has 0 radical (unpaired) electrons. The van der Waals surface area contributed by atoms with Gasteiger partial charge in [-0.25, -0.2) is 4.98 Å². The smallest absolute Gasteiger partial charge is 0.126 e. The number of para-hydroxylation sites is 2. The van der Waals surface area contributed by atoms with E-state index < -0.39 is 0 Å². The van der Waals surface area contributed by atoms with Gasteiger partial charge in [0, 0.05) is 0 Å². The Balaban J connectivity index is 2.10. The van der Waals surface area contributed by atoms with Gasteiger partial charge in [0.2, 0.25) is 0 Å². The summed E-state index contributed by atoms with van der Waals surface area (Å²) in [6.45, 7) is 2.04. The molecule has 0 saturated heterocycles. The molecule has 0 spiro atoms. The Kier molecular flexibility index (Phi) is 3.06. The molecule has 3 nitrogen and oxygen atoms in total. The van der Waals surface area contributed by atoms with Gasteiger partial charge in [-0.05, 0) is 30.7 Å². The zero-order valence-electron chi connectivity index (χ0n) is 11.1. The van der Waals surface area contributed by atoms with Crippen molar-refractivity contribution in [3.05, 3.63) is 66.0 Å². The van der Waals surface area contributed by atoms with Crippen molar-refractivity contribution in [2.24, 2.45) is 0 Å². The number of nitrogens with zero attached hydrogens (tertiary/aromatic N) is 3. The van der Waals surface area contributed by atoms with Crippen LogP contribution < -0.4 is 0 Å². The van der Waals surface area contributed by atoms with Gasteiger partial charge in [-0.3, -0.25) is 4.57 Å². The van der Waals surface area contributed by atoms with Crippen molar-refractivity contribution in [2.45, 2.75) is 6.92 Å². The molecule has 0 aliphatic carbocycles. The van der Waals surface area contributed by atoms with Gasteiger partial charge < -0.3 is 0 Å². The molecule has 0 unspecified atom stereocenters. The van der Waals surface area contributed by atoms with Crippen molar-refractivity contribution >= 4 is 22.8 Å². The maximum absolute atomic E-state index is 9.41. The number of aromatic nitrogens is 2. The van der Waals surface area contributed by atoms with Crippen molar-refractivity contribution in [1.29, 1.82) is 5.26 Å². The predicted molar refractivity (Wildman–Crippen MR) is 80.7 cm³/mol. The van der Waals surface area contributed by atoms with E-state index in [9.17, 15) is 5.26 Å². The largest absolute Gasteiger partial charge is 0.290 e. The number of allylic oxidation sites excluding steroid dienone is 1. The molecule has 0 fully saturated rings. The van der Waals surface area contributed by atoms with E-state index >= 15 is 0 Å². The van der Waals surface area contributed by atoms with E-state index in [-0.39, 0.29) is 0 Å². The van der Waals surface area contributed by atoms with Crippen LogP contribution in [0, 0.1) is 18.3 Å². The van der Waals surface area contributed by atoms with Crippen LogP contribution in [0.25, 0.3) is 22.8 Å². The molecule has 0 N–H and O–H groups in total. The molecule has 0 aliphatic heterocycles. The third-order valence-electron chi connectivity index (χ3n) is 3.21. The van der Waals surface area contributed by atoms with Crippen LogP contribution in [0.1, 0.15) is 11.1 Å². The number of imidazole rings is 1. The van der Waals surface area contributed by atoms with Gasteiger partial charge in [-0.1, -0.05) is 42.0 Å². The molecule has 0 bridgehead atoms. The van der Waals surface area contributed by atoms with Crippen molar-refractivity contribution in [3.63, 3.8) is 0 Å². The lowest BCUT2D eigenvalue weighted by Gasteiger charge is -2.02. The minimum Gasteiger partial charge on any atom is -0.290 e. The first-order valence-corrected chi connectivity index (χ1v) is 6.39. The fraction of sp³-hybridized carbons (Fsp3) is 0.0588. The molecule has 0 saturated carbocycles. The molecule has 1 aromatic heterocycles. The zero-order chi connectivity index (χ0) is 13.9.